The number of hydrogen-bond donors (Lipinski definition) is 0. The summed E-state index contributed by atoms with van der Waals surface area (Å²) in [6.45, 7) is 8.77. The van der Waals surface area contributed by atoms with Crippen molar-refractivity contribution in [2.45, 2.75) is 46.1 Å². The zero-order valence-corrected chi connectivity index (χ0v) is 12.0. The standard InChI is InChI=1S/C14H28O3/c1-13(2,3)14(9-15-4,10-16-5)11-17-12-7-6-8-12/h12H,6-11H2,1-5H3. The predicted molar refractivity (Wildman–Crippen MR) is 69.2 cm³/mol. The fourth-order valence-electron chi connectivity index (χ4n) is 2.14. The van der Waals surface area contributed by atoms with Crippen LogP contribution in [0.1, 0.15) is 40.0 Å². The third-order valence-corrected chi connectivity index (χ3v) is 4.08. The highest BCUT2D eigenvalue weighted by atomic mass is 16.5. The average molecular weight is 244 g/mol. The number of methoxy groups -OCH3 is 2. The van der Waals surface area contributed by atoms with Crippen molar-refractivity contribution in [1.29, 1.82) is 0 Å². The van der Waals surface area contributed by atoms with Gasteiger partial charge in [0.25, 0.3) is 0 Å². The Kier molecular flexibility index (Phi) is 5.42. The topological polar surface area (TPSA) is 27.7 Å². The van der Waals surface area contributed by atoms with Crippen LogP contribution in [0.3, 0.4) is 0 Å². The van der Waals surface area contributed by atoms with E-state index in [0.29, 0.717) is 19.3 Å². The Morgan fingerprint density at radius 2 is 1.47 bits per heavy atom. The Balaban J connectivity index is 2.65. The third-order valence-electron chi connectivity index (χ3n) is 4.08. The fraction of sp³-hybridized carbons (Fsp3) is 1.00. The van der Waals surface area contributed by atoms with E-state index in [1.165, 1.54) is 19.3 Å². The van der Waals surface area contributed by atoms with Crippen molar-refractivity contribution < 1.29 is 14.2 Å². The van der Waals surface area contributed by atoms with Crippen LogP contribution in [-0.4, -0.2) is 40.1 Å². The molecule has 0 aromatic rings. The zero-order valence-electron chi connectivity index (χ0n) is 12.0. The summed E-state index contributed by atoms with van der Waals surface area (Å²) >= 11 is 0. The first-order chi connectivity index (χ1) is 7.95. The summed E-state index contributed by atoms with van der Waals surface area (Å²) in [5.41, 5.74) is 0.0366. The molecule has 1 fully saturated rings. The SMILES string of the molecule is COCC(COC)(COC1CCC1)C(C)(C)C. The number of rotatable bonds is 7. The second-order valence-corrected chi connectivity index (χ2v) is 6.26. The highest BCUT2D eigenvalue weighted by Crippen LogP contribution is 2.40. The van der Waals surface area contributed by atoms with Crippen molar-refractivity contribution in [3.8, 4) is 0 Å². The number of ether oxygens (including phenoxy) is 3. The zero-order chi connectivity index (χ0) is 12.9. The van der Waals surface area contributed by atoms with Gasteiger partial charge in [-0.1, -0.05) is 20.8 Å². The van der Waals surface area contributed by atoms with Crippen molar-refractivity contribution in [2.75, 3.05) is 34.0 Å². The molecule has 3 heteroatoms. The van der Waals surface area contributed by atoms with Crippen LogP contribution in [0, 0.1) is 10.8 Å². The van der Waals surface area contributed by atoms with Crippen molar-refractivity contribution >= 4 is 0 Å². The lowest BCUT2D eigenvalue weighted by Crippen LogP contribution is -2.48. The molecule has 1 aliphatic rings. The lowest BCUT2D eigenvalue weighted by molar-refractivity contribution is -0.134. The van der Waals surface area contributed by atoms with Gasteiger partial charge in [-0.2, -0.15) is 0 Å². The van der Waals surface area contributed by atoms with E-state index in [0.717, 1.165) is 6.61 Å². The molecule has 17 heavy (non-hydrogen) atoms. The molecule has 102 valence electrons. The van der Waals surface area contributed by atoms with E-state index in [4.69, 9.17) is 14.2 Å². The van der Waals surface area contributed by atoms with Gasteiger partial charge in [0.2, 0.25) is 0 Å². The second kappa shape index (κ2) is 6.17. The van der Waals surface area contributed by atoms with Crippen LogP contribution in [-0.2, 0) is 14.2 Å². The maximum absolute atomic E-state index is 6.02. The van der Waals surface area contributed by atoms with Crippen LogP contribution in [0.15, 0.2) is 0 Å². The van der Waals surface area contributed by atoms with Crippen LogP contribution in [0.5, 0.6) is 0 Å². The predicted octanol–water partition coefficient (Wildman–Crippen LogP) is 2.88. The molecule has 0 saturated heterocycles. The molecule has 0 aliphatic heterocycles. The smallest absolute Gasteiger partial charge is 0.0575 e. The molecule has 1 aliphatic carbocycles. The first-order valence-corrected chi connectivity index (χ1v) is 6.55. The molecule has 0 amide bonds. The normalized spacial score (nSPS) is 18.2. The van der Waals surface area contributed by atoms with Crippen LogP contribution in [0.2, 0.25) is 0 Å². The van der Waals surface area contributed by atoms with Gasteiger partial charge in [0.1, 0.15) is 0 Å². The molecule has 0 aromatic carbocycles. The highest BCUT2D eigenvalue weighted by molar-refractivity contribution is 4.91. The van der Waals surface area contributed by atoms with Gasteiger partial charge in [0.05, 0.1) is 25.9 Å². The molecule has 0 bridgehead atoms. The minimum Gasteiger partial charge on any atom is -0.384 e. The minimum absolute atomic E-state index is 0.0634. The second-order valence-electron chi connectivity index (χ2n) is 6.26. The Morgan fingerprint density at radius 1 is 0.941 bits per heavy atom. The maximum Gasteiger partial charge on any atom is 0.0575 e. The molecular formula is C14H28O3. The van der Waals surface area contributed by atoms with Gasteiger partial charge in [-0.25, -0.2) is 0 Å². The average Bonchev–Trinajstić information content (AvgIpc) is 2.14. The van der Waals surface area contributed by atoms with Crippen LogP contribution >= 0.6 is 0 Å². The van der Waals surface area contributed by atoms with E-state index in [1.807, 2.05) is 0 Å². The summed E-state index contributed by atoms with van der Waals surface area (Å²) in [5.74, 6) is 0. The molecule has 0 atom stereocenters. The van der Waals surface area contributed by atoms with Crippen LogP contribution < -0.4 is 0 Å². The molecule has 1 saturated carbocycles. The summed E-state index contributed by atoms with van der Waals surface area (Å²) in [5, 5.41) is 0. The molecule has 0 radical (unpaired) electrons. The van der Waals surface area contributed by atoms with E-state index in [2.05, 4.69) is 20.8 Å². The van der Waals surface area contributed by atoms with Crippen molar-refractivity contribution in [3.05, 3.63) is 0 Å². The molecule has 0 heterocycles. The van der Waals surface area contributed by atoms with Gasteiger partial charge in [0, 0.05) is 19.6 Å². The summed E-state index contributed by atoms with van der Waals surface area (Å²) in [4.78, 5) is 0. The van der Waals surface area contributed by atoms with Gasteiger partial charge in [0.15, 0.2) is 0 Å². The summed E-state index contributed by atoms with van der Waals surface area (Å²) in [6.07, 6.45) is 4.19. The van der Waals surface area contributed by atoms with E-state index in [-0.39, 0.29) is 10.8 Å². The monoisotopic (exact) mass is 244 g/mol. The molecule has 0 N–H and O–H groups in total. The van der Waals surface area contributed by atoms with Gasteiger partial charge >= 0.3 is 0 Å². The largest absolute Gasteiger partial charge is 0.384 e. The summed E-state index contributed by atoms with van der Waals surface area (Å²) < 4.78 is 16.8. The van der Waals surface area contributed by atoms with Gasteiger partial charge in [-0.3, -0.25) is 0 Å². The Labute approximate surface area is 106 Å². The Hall–Kier alpha value is -0.120. The fourth-order valence-corrected chi connectivity index (χ4v) is 2.14. The van der Waals surface area contributed by atoms with Crippen LogP contribution in [0.4, 0.5) is 0 Å². The van der Waals surface area contributed by atoms with Crippen molar-refractivity contribution in [1.82, 2.24) is 0 Å². The number of hydrogen-bond acceptors (Lipinski definition) is 3. The quantitative estimate of drug-likeness (QED) is 0.689. The molecule has 3 nitrogen and oxygen atoms in total. The van der Waals surface area contributed by atoms with E-state index in [9.17, 15) is 0 Å². The maximum atomic E-state index is 6.02. The highest BCUT2D eigenvalue weighted by Gasteiger charge is 2.43. The van der Waals surface area contributed by atoms with Crippen molar-refractivity contribution in [2.24, 2.45) is 10.8 Å². The minimum atomic E-state index is -0.0634. The molecule has 0 spiro atoms. The molecule has 0 aromatic heterocycles. The first kappa shape index (κ1) is 14.9. The van der Waals surface area contributed by atoms with E-state index < -0.39 is 0 Å². The molecular weight excluding hydrogens is 216 g/mol. The third kappa shape index (κ3) is 3.67. The van der Waals surface area contributed by atoms with Gasteiger partial charge < -0.3 is 14.2 Å². The summed E-state index contributed by atoms with van der Waals surface area (Å²) in [6, 6.07) is 0. The Bertz CT molecular complexity index is 210. The lowest BCUT2D eigenvalue weighted by atomic mass is 9.68. The van der Waals surface area contributed by atoms with E-state index in [1.54, 1.807) is 14.2 Å². The molecule has 1 rings (SSSR count). The van der Waals surface area contributed by atoms with Crippen molar-refractivity contribution in [3.63, 3.8) is 0 Å². The van der Waals surface area contributed by atoms with E-state index >= 15 is 0 Å². The van der Waals surface area contributed by atoms with Gasteiger partial charge in [-0.05, 0) is 24.7 Å². The first-order valence-electron chi connectivity index (χ1n) is 6.55. The van der Waals surface area contributed by atoms with Gasteiger partial charge in [-0.15, -0.1) is 0 Å². The molecule has 0 unspecified atom stereocenters. The van der Waals surface area contributed by atoms with Crippen LogP contribution in [0.25, 0.3) is 0 Å². The summed E-state index contributed by atoms with van der Waals surface area (Å²) in [7, 11) is 3.50. The Morgan fingerprint density at radius 3 is 1.76 bits per heavy atom. The lowest BCUT2D eigenvalue weighted by Gasteiger charge is -2.45.